The Bertz CT molecular complexity index is 408. The molecule has 0 spiro atoms. The van der Waals surface area contributed by atoms with Gasteiger partial charge in [-0.3, -0.25) is 0 Å². The van der Waals surface area contributed by atoms with Gasteiger partial charge >= 0.3 is 0 Å². The Balaban J connectivity index is 1.87. The maximum atomic E-state index is 5.44. The van der Waals surface area contributed by atoms with Crippen molar-refractivity contribution in [3.63, 3.8) is 0 Å². The summed E-state index contributed by atoms with van der Waals surface area (Å²) in [7, 11) is 3.97. The van der Waals surface area contributed by atoms with Crippen molar-refractivity contribution in [3.05, 3.63) is 29.8 Å². The molecule has 1 aromatic rings. The van der Waals surface area contributed by atoms with Gasteiger partial charge in [-0.15, -0.1) is 0 Å². The minimum Gasteiger partial charge on any atom is -0.496 e. The van der Waals surface area contributed by atoms with Crippen LogP contribution in [0.3, 0.4) is 0 Å². The van der Waals surface area contributed by atoms with E-state index in [9.17, 15) is 0 Å². The van der Waals surface area contributed by atoms with Crippen LogP contribution >= 0.6 is 0 Å². The number of ether oxygens (including phenoxy) is 1. The van der Waals surface area contributed by atoms with Crippen LogP contribution in [0.15, 0.2) is 24.3 Å². The molecule has 2 atom stereocenters. The predicted molar refractivity (Wildman–Crippen MR) is 84.4 cm³/mol. The summed E-state index contributed by atoms with van der Waals surface area (Å²) in [4.78, 5) is 2.44. The minimum absolute atomic E-state index is 0.486. The minimum atomic E-state index is 0.486. The molecule has 1 aromatic carbocycles. The van der Waals surface area contributed by atoms with Gasteiger partial charge in [-0.05, 0) is 64.4 Å². The van der Waals surface area contributed by atoms with E-state index in [4.69, 9.17) is 4.74 Å². The van der Waals surface area contributed by atoms with E-state index in [2.05, 4.69) is 36.3 Å². The molecule has 0 amide bonds. The molecule has 2 unspecified atom stereocenters. The number of nitrogens with one attached hydrogen (secondary N) is 1. The van der Waals surface area contributed by atoms with E-state index < -0.39 is 0 Å². The molecule has 1 heterocycles. The van der Waals surface area contributed by atoms with E-state index in [0.29, 0.717) is 12.1 Å². The molecule has 0 saturated carbocycles. The summed E-state index contributed by atoms with van der Waals surface area (Å²) < 4.78 is 5.44. The molecule has 0 bridgehead atoms. The van der Waals surface area contributed by atoms with Crippen LogP contribution in [-0.4, -0.2) is 44.2 Å². The molecule has 3 heteroatoms. The molecule has 3 nitrogen and oxygen atoms in total. The highest BCUT2D eigenvalue weighted by atomic mass is 16.5. The van der Waals surface area contributed by atoms with Crippen molar-refractivity contribution >= 4 is 0 Å². The lowest BCUT2D eigenvalue weighted by molar-refractivity contribution is 0.339. The molecular formula is C17H28N2O. The lowest BCUT2D eigenvalue weighted by Crippen LogP contribution is -2.38. The van der Waals surface area contributed by atoms with Crippen LogP contribution in [0, 0.1) is 0 Å². The van der Waals surface area contributed by atoms with Crippen molar-refractivity contribution in [3.8, 4) is 5.75 Å². The van der Waals surface area contributed by atoms with Gasteiger partial charge in [-0.25, -0.2) is 0 Å². The third-order valence-electron chi connectivity index (χ3n) is 4.19. The maximum absolute atomic E-state index is 5.44. The van der Waals surface area contributed by atoms with Gasteiger partial charge in [0.25, 0.3) is 0 Å². The fourth-order valence-electron chi connectivity index (χ4n) is 3.07. The average molecular weight is 276 g/mol. The second-order valence-electron chi connectivity index (χ2n) is 6.01. The average Bonchev–Trinajstić information content (AvgIpc) is 2.64. The molecule has 1 aliphatic rings. The Morgan fingerprint density at radius 1 is 1.30 bits per heavy atom. The van der Waals surface area contributed by atoms with Crippen LogP contribution in [-0.2, 0) is 6.42 Å². The highest BCUT2D eigenvalue weighted by molar-refractivity contribution is 5.33. The molecule has 1 N–H and O–H groups in total. The zero-order valence-corrected chi connectivity index (χ0v) is 13.1. The van der Waals surface area contributed by atoms with Crippen molar-refractivity contribution in [2.45, 2.75) is 44.7 Å². The maximum Gasteiger partial charge on any atom is 0.122 e. The van der Waals surface area contributed by atoms with Crippen molar-refractivity contribution in [1.29, 1.82) is 0 Å². The smallest absolute Gasteiger partial charge is 0.122 e. The number of likely N-dealkylation sites (tertiary alicyclic amines) is 1. The quantitative estimate of drug-likeness (QED) is 0.895. The fraction of sp³-hybridized carbons (Fsp3) is 0.647. The molecular weight excluding hydrogens is 248 g/mol. The third kappa shape index (κ3) is 4.50. The zero-order valence-electron chi connectivity index (χ0n) is 13.1. The van der Waals surface area contributed by atoms with Gasteiger partial charge in [0.2, 0.25) is 0 Å². The number of hydrogen-bond donors (Lipinski definition) is 1. The summed E-state index contributed by atoms with van der Waals surface area (Å²) in [5.74, 6) is 1.00. The van der Waals surface area contributed by atoms with Crippen LogP contribution in [0.1, 0.15) is 31.7 Å². The first-order valence-corrected chi connectivity index (χ1v) is 7.75. The first kappa shape index (κ1) is 15.3. The van der Waals surface area contributed by atoms with Gasteiger partial charge in [0, 0.05) is 12.1 Å². The summed E-state index contributed by atoms with van der Waals surface area (Å²) in [6.45, 7) is 4.72. The summed E-state index contributed by atoms with van der Waals surface area (Å²) in [6, 6.07) is 9.47. The Morgan fingerprint density at radius 3 is 2.90 bits per heavy atom. The first-order valence-electron chi connectivity index (χ1n) is 7.75. The lowest BCUT2D eigenvalue weighted by Gasteiger charge is -2.23. The van der Waals surface area contributed by atoms with Crippen LogP contribution in [0.5, 0.6) is 5.75 Å². The Hall–Kier alpha value is -1.06. The summed E-state index contributed by atoms with van der Waals surface area (Å²) in [5, 5.41) is 3.80. The highest BCUT2D eigenvalue weighted by Crippen LogP contribution is 2.19. The van der Waals surface area contributed by atoms with E-state index >= 15 is 0 Å². The van der Waals surface area contributed by atoms with E-state index in [0.717, 1.165) is 12.2 Å². The second-order valence-corrected chi connectivity index (χ2v) is 6.01. The molecule has 112 valence electrons. The molecule has 20 heavy (non-hydrogen) atoms. The predicted octanol–water partition coefficient (Wildman–Crippen LogP) is 2.70. The molecule has 0 radical (unpaired) electrons. The lowest BCUT2D eigenvalue weighted by atomic mass is 10.0. The topological polar surface area (TPSA) is 24.5 Å². The molecule has 1 fully saturated rings. The first-order chi connectivity index (χ1) is 9.69. The number of hydrogen-bond acceptors (Lipinski definition) is 3. The van der Waals surface area contributed by atoms with Crippen LogP contribution < -0.4 is 10.1 Å². The Morgan fingerprint density at radius 2 is 2.10 bits per heavy atom. The van der Waals surface area contributed by atoms with Gasteiger partial charge in [0.05, 0.1) is 7.11 Å². The van der Waals surface area contributed by atoms with Crippen molar-refractivity contribution in [2.24, 2.45) is 0 Å². The number of rotatable bonds is 5. The van der Waals surface area contributed by atoms with Gasteiger partial charge < -0.3 is 15.0 Å². The highest BCUT2D eigenvalue weighted by Gasteiger charge is 2.17. The Kier molecular flexibility index (Phi) is 5.86. The normalized spacial score (nSPS) is 22.2. The van der Waals surface area contributed by atoms with Gasteiger partial charge in [-0.2, -0.15) is 0 Å². The third-order valence-corrected chi connectivity index (χ3v) is 4.19. The fourth-order valence-corrected chi connectivity index (χ4v) is 3.07. The molecule has 1 saturated heterocycles. The van der Waals surface area contributed by atoms with E-state index in [-0.39, 0.29) is 0 Å². The van der Waals surface area contributed by atoms with E-state index in [1.165, 1.54) is 37.9 Å². The van der Waals surface area contributed by atoms with Gasteiger partial charge in [-0.1, -0.05) is 18.2 Å². The largest absolute Gasteiger partial charge is 0.496 e. The van der Waals surface area contributed by atoms with Crippen molar-refractivity contribution in [1.82, 2.24) is 10.2 Å². The Labute approximate surface area is 123 Å². The molecule has 2 rings (SSSR count). The number of methoxy groups -OCH3 is 1. The zero-order chi connectivity index (χ0) is 14.4. The van der Waals surface area contributed by atoms with Gasteiger partial charge in [0.15, 0.2) is 0 Å². The van der Waals surface area contributed by atoms with E-state index in [1.54, 1.807) is 7.11 Å². The molecule has 0 aliphatic carbocycles. The number of para-hydroxylation sites is 1. The number of benzene rings is 1. The monoisotopic (exact) mass is 276 g/mol. The van der Waals surface area contributed by atoms with Crippen LogP contribution in [0.4, 0.5) is 0 Å². The van der Waals surface area contributed by atoms with Crippen molar-refractivity contribution in [2.75, 3.05) is 27.2 Å². The van der Waals surface area contributed by atoms with Crippen LogP contribution in [0.2, 0.25) is 0 Å². The molecule has 1 aliphatic heterocycles. The van der Waals surface area contributed by atoms with E-state index in [1.807, 2.05) is 12.1 Å². The molecule has 0 aromatic heterocycles. The number of nitrogens with zero attached hydrogens (tertiary/aromatic N) is 1. The SMILES string of the molecule is COc1ccccc1CC(C)NC1CCCN(C)CC1. The summed E-state index contributed by atoms with van der Waals surface area (Å²) in [5.41, 5.74) is 1.29. The van der Waals surface area contributed by atoms with Crippen LogP contribution in [0.25, 0.3) is 0 Å². The standard InChI is InChI=1S/C17H28N2O/c1-14(13-15-7-4-5-9-17(15)20-3)18-16-8-6-11-19(2)12-10-16/h4-5,7,9,14,16,18H,6,8,10-13H2,1-3H3. The van der Waals surface area contributed by atoms with Gasteiger partial charge in [0.1, 0.15) is 5.75 Å². The summed E-state index contributed by atoms with van der Waals surface area (Å²) in [6.07, 6.45) is 4.87. The summed E-state index contributed by atoms with van der Waals surface area (Å²) >= 11 is 0. The second kappa shape index (κ2) is 7.65. The van der Waals surface area contributed by atoms with Crippen molar-refractivity contribution < 1.29 is 4.74 Å².